The summed E-state index contributed by atoms with van der Waals surface area (Å²) in [5, 5.41) is 7.81. The summed E-state index contributed by atoms with van der Waals surface area (Å²) in [6, 6.07) is 5.56. The SMILES string of the molecule is COc1cccc2c(N=C(N)CCN3Cc4cn[nH]c4C3)nc(N)nc12. The summed E-state index contributed by atoms with van der Waals surface area (Å²) in [6.45, 7) is 2.53. The summed E-state index contributed by atoms with van der Waals surface area (Å²) in [7, 11) is 1.59. The first kappa shape index (κ1) is 16.3. The van der Waals surface area contributed by atoms with Crippen LogP contribution in [0.2, 0.25) is 0 Å². The molecule has 0 fully saturated rings. The van der Waals surface area contributed by atoms with Crippen LogP contribution in [0.4, 0.5) is 11.8 Å². The van der Waals surface area contributed by atoms with Crippen LogP contribution in [0.3, 0.4) is 0 Å². The van der Waals surface area contributed by atoms with Crippen LogP contribution in [-0.2, 0) is 13.1 Å². The van der Waals surface area contributed by atoms with Crippen molar-refractivity contribution >= 4 is 28.5 Å². The number of aromatic nitrogens is 4. The van der Waals surface area contributed by atoms with Gasteiger partial charge in [0.05, 0.1) is 19.0 Å². The molecule has 0 saturated carbocycles. The molecule has 9 heteroatoms. The molecule has 4 rings (SSSR count). The number of benzene rings is 1. The normalized spacial score (nSPS) is 14.7. The molecule has 0 bridgehead atoms. The van der Waals surface area contributed by atoms with Crippen molar-refractivity contribution in [3.63, 3.8) is 0 Å². The summed E-state index contributed by atoms with van der Waals surface area (Å²) in [6.07, 6.45) is 2.50. The van der Waals surface area contributed by atoms with Gasteiger partial charge in [-0.25, -0.2) is 9.98 Å². The second kappa shape index (κ2) is 6.60. The van der Waals surface area contributed by atoms with E-state index in [2.05, 4.69) is 30.1 Å². The lowest BCUT2D eigenvalue weighted by atomic mass is 10.2. The zero-order valence-electron chi connectivity index (χ0n) is 14.4. The number of nitrogens with one attached hydrogen (secondary N) is 1. The Morgan fingerprint density at radius 2 is 2.23 bits per heavy atom. The van der Waals surface area contributed by atoms with E-state index in [9.17, 15) is 0 Å². The predicted molar refractivity (Wildman–Crippen MR) is 99.1 cm³/mol. The second-order valence-electron chi connectivity index (χ2n) is 6.20. The minimum Gasteiger partial charge on any atom is -0.494 e. The number of nitrogen functional groups attached to an aromatic ring is 1. The molecule has 0 radical (unpaired) electrons. The summed E-state index contributed by atoms with van der Waals surface area (Å²) in [5.41, 5.74) is 15.0. The number of ether oxygens (including phenoxy) is 1. The van der Waals surface area contributed by atoms with Crippen LogP contribution in [-0.4, -0.2) is 44.6 Å². The lowest BCUT2D eigenvalue weighted by Crippen LogP contribution is -2.24. The number of aliphatic imine (C=N–C) groups is 1. The van der Waals surface area contributed by atoms with Gasteiger partial charge in [0.2, 0.25) is 5.95 Å². The minimum absolute atomic E-state index is 0.138. The molecule has 0 spiro atoms. The average Bonchev–Trinajstić information content (AvgIpc) is 3.21. The maximum atomic E-state index is 6.15. The largest absolute Gasteiger partial charge is 0.494 e. The molecule has 134 valence electrons. The Hall–Kier alpha value is -3.20. The molecule has 1 aliphatic heterocycles. The van der Waals surface area contributed by atoms with Crippen molar-refractivity contribution in [1.29, 1.82) is 0 Å². The Morgan fingerprint density at radius 3 is 3.04 bits per heavy atom. The zero-order valence-corrected chi connectivity index (χ0v) is 14.4. The van der Waals surface area contributed by atoms with Gasteiger partial charge in [-0.05, 0) is 12.1 Å². The van der Waals surface area contributed by atoms with Gasteiger partial charge in [-0.2, -0.15) is 10.1 Å². The molecule has 26 heavy (non-hydrogen) atoms. The first-order chi connectivity index (χ1) is 12.6. The number of amidine groups is 1. The van der Waals surface area contributed by atoms with E-state index < -0.39 is 0 Å². The zero-order chi connectivity index (χ0) is 18.1. The Kier molecular flexibility index (Phi) is 4.13. The molecule has 3 heterocycles. The van der Waals surface area contributed by atoms with E-state index in [1.807, 2.05) is 24.4 Å². The maximum absolute atomic E-state index is 6.15. The minimum atomic E-state index is 0.138. The van der Waals surface area contributed by atoms with Crippen molar-refractivity contribution in [1.82, 2.24) is 25.1 Å². The van der Waals surface area contributed by atoms with E-state index in [1.165, 1.54) is 11.3 Å². The van der Waals surface area contributed by atoms with E-state index in [0.29, 0.717) is 29.3 Å². The van der Waals surface area contributed by atoms with Crippen LogP contribution in [0.15, 0.2) is 29.4 Å². The summed E-state index contributed by atoms with van der Waals surface area (Å²) >= 11 is 0. The molecule has 3 aromatic rings. The Balaban J connectivity index is 1.53. The van der Waals surface area contributed by atoms with Gasteiger partial charge >= 0.3 is 0 Å². The van der Waals surface area contributed by atoms with Gasteiger partial charge in [0.1, 0.15) is 17.1 Å². The number of methoxy groups -OCH3 is 1. The van der Waals surface area contributed by atoms with Gasteiger partial charge in [-0.3, -0.25) is 10.00 Å². The molecule has 1 aromatic carbocycles. The molecule has 0 saturated heterocycles. The lowest BCUT2D eigenvalue weighted by Gasteiger charge is -2.14. The number of nitrogens with two attached hydrogens (primary N) is 2. The van der Waals surface area contributed by atoms with Crippen LogP contribution >= 0.6 is 0 Å². The number of fused-ring (bicyclic) bond motifs is 2. The highest BCUT2D eigenvalue weighted by atomic mass is 16.5. The van der Waals surface area contributed by atoms with Gasteiger partial charge in [0.25, 0.3) is 0 Å². The highest BCUT2D eigenvalue weighted by Crippen LogP contribution is 2.30. The highest BCUT2D eigenvalue weighted by molar-refractivity contribution is 5.95. The van der Waals surface area contributed by atoms with Crippen molar-refractivity contribution in [2.45, 2.75) is 19.5 Å². The van der Waals surface area contributed by atoms with Gasteiger partial charge in [0, 0.05) is 37.0 Å². The van der Waals surface area contributed by atoms with Gasteiger partial charge < -0.3 is 16.2 Å². The number of aromatic amines is 1. The number of nitrogens with zero attached hydrogens (tertiary/aromatic N) is 5. The summed E-state index contributed by atoms with van der Waals surface area (Å²) < 4.78 is 5.34. The molecule has 0 unspecified atom stereocenters. The molecule has 0 aliphatic carbocycles. The fraction of sp³-hybridized carbons (Fsp3) is 0.294. The monoisotopic (exact) mass is 352 g/mol. The summed E-state index contributed by atoms with van der Waals surface area (Å²) in [4.78, 5) is 15.3. The van der Waals surface area contributed by atoms with Crippen molar-refractivity contribution in [3.05, 3.63) is 35.7 Å². The van der Waals surface area contributed by atoms with Crippen LogP contribution in [0.25, 0.3) is 10.9 Å². The van der Waals surface area contributed by atoms with Crippen LogP contribution < -0.4 is 16.2 Å². The van der Waals surface area contributed by atoms with E-state index in [1.54, 1.807) is 7.11 Å². The first-order valence-corrected chi connectivity index (χ1v) is 8.31. The molecule has 1 aliphatic rings. The van der Waals surface area contributed by atoms with E-state index >= 15 is 0 Å². The number of anilines is 1. The van der Waals surface area contributed by atoms with Crippen LogP contribution in [0.5, 0.6) is 5.75 Å². The molecule has 0 amide bonds. The van der Waals surface area contributed by atoms with Crippen molar-refractivity contribution in [2.75, 3.05) is 19.4 Å². The van der Waals surface area contributed by atoms with Crippen LogP contribution in [0.1, 0.15) is 17.7 Å². The molecule has 0 atom stereocenters. The number of hydrogen-bond donors (Lipinski definition) is 3. The maximum Gasteiger partial charge on any atom is 0.222 e. The Labute approximate surface area is 150 Å². The fourth-order valence-electron chi connectivity index (χ4n) is 3.13. The molecular formula is C17H20N8O. The molecule has 9 nitrogen and oxygen atoms in total. The molecule has 2 aromatic heterocycles. The number of H-pyrrole nitrogens is 1. The average molecular weight is 352 g/mol. The van der Waals surface area contributed by atoms with E-state index in [4.69, 9.17) is 16.2 Å². The smallest absolute Gasteiger partial charge is 0.222 e. The Morgan fingerprint density at radius 1 is 1.35 bits per heavy atom. The second-order valence-corrected chi connectivity index (χ2v) is 6.20. The molecule has 5 N–H and O–H groups in total. The number of para-hydroxylation sites is 1. The fourth-order valence-corrected chi connectivity index (χ4v) is 3.13. The molecular weight excluding hydrogens is 332 g/mol. The van der Waals surface area contributed by atoms with Gasteiger partial charge in [-0.1, -0.05) is 6.07 Å². The standard InChI is InChI=1S/C17H20N8O/c1-26-13-4-2-3-11-15(13)22-17(19)23-16(11)21-14(18)5-6-25-8-10-7-20-24-12(10)9-25/h2-4,7H,5-6,8-9H2,1H3,(H,20,24)(H4,18,19,21,22,23). The van der Waals surface area contributed by atoms with Crippen molar-refractivity contribution in [3.8, 4) is 5.75 Å². The van der Waals surface area contributed by atoms with Crippen molar-refractivity contribution < 1.29 is 4.74 Å². The van der Waals surface area contributed by atoms with Gasteiger partial charge in [0.15, 0.2) is 5.82 Å². The third-order valence-electron chi connectivity index (χ3n) is 4.42. The Bertz CT molecular complexity index is 960. The highest BCUT2D eigenvalue weighted by Gasteiger charge is 2.20. The third kappa shape index (κ3) is 3.04. The van der Waals surface area contributed by atoms with Gasteiger partial charge in [-0.15, -0.1) is 0 Å². The third-order valence-corrected chi connectivity index (χ3v) is 4.42. The quantitative estimate of drug-likeness (QED) is 0.466. The first-order valence-electron chi connectivity index (χ1n) is 8.31. The van der Waals surface area contributed by atoms with E-state index in [-0.39, 0.29) is 5.95 Å². The van der Waals surface area contributed by atoms with Crippen LogP contribution in [0, 0.1) is 0 Å². The lowest BCUT2D eigenvalue weighted by molar-refractivity contribution is 0.289. The topological polar surface area (TPSA) is 131 Å². The summed E-state index contributed by atoms with van der Waals surface area (Å²) in [5.74, 6) is 1.72. The van der Waals surface area contributed by atoms with Crippen molar-refractivity contribution in [2.24, 2.45) is 10.7 Å². The number of rotatable bonds is 5. The predicted octanol–water partition coefficient (Wildman–Crippen LogP) is 1.34. The van der Waals surface area contributed by atoms with E-state index in [0.717, 1.165) is 25.0 Å². The number of hydrogen-bond acceptors (Lipinski definition) is 7.